The number of rotatable bonds is 6. The fraction of sp³-hybridized carbons (Fsp3) is 0.136. The molecule has 3 aromatic rings. The van der Waals surface area contributed by atoms with E-state index < -0.39 is 0 Å². The number of nitrogens with zero attached hydrogens (tertiary/aromatic N) is 1. The van der Waals surface area contributed by atoms with Crippen molar-refractivity contribution in [1.29, 1.82) is 0 Å². The van der Waals surface area contributed by atoms with Crippen LogP contribution in [0.5, 0.6) is 5.75 Å². The molecule has 0 amide bonds. The summed E-state index contributed by atoms with van der Waals surface area (Å²) >= 11 is 0. The van der Waals surface area contributed by atoms with E-state index in [9.17, 15) is 4.79 Å². The minimum absolute atomic E-state index is 0.0779. The molecule has 0 radical (unpaired) electrons. The van der Waals surface area contributed by atoms with Gasteiger partial charge in [0, 0.05) is 24.0 Å². The van der Waals surface area contributed by atoms with Gasteiger partial charge in [0.1, 0.15) is 12.4 Å². The molecule has 3 rings (SSSR count). The van der Waals surface area contributed by atoms with Crippen LogP contribution in [0.2, 0.25) is 0 Å². The molecule has 0 atom stereocenters. The highest BCUT2D eigenvalue weighted by molar-refractivity contribution is 5.94. The summed E-state index contributed by atoms with van der Waals surface area (Å²) in [6.07, 6.45) is 0. The maximum Gasteiger partial charge on any atom is 0.159 e. The standard InChI is InChI=1S/C22H21NO2/c1-17(24)19-8-10-20(11-9-19)23(2)21-12-14-22(15-13-21)25-16-18-6-4-3-5-7-18/h3-15H,16H2,1-2H3. The van der Waals surface area contributed by atoms with Gasteiger partial charge in [-0.1, -0.05) is 30.3 Å². The quantitative estimate of drug-likeness (QED) is 0.579. The molecular formula is C22H21NO2. The van der Waals surface area contributed by atoms with Gasteiger partial charge in [0.2, 0.25) is 0 Å². The summed E-state index contributed by atoms with van der Waals surface area (Å²) in [5.74, 6) is 0.919. The summed E-state index contributed by atoms with van der Waals surface area (Å²) in [5, 5.41) is 0. The third-order valence-electron chi connectivity index (χ3n) is 4.13. The second-order valence-corrected chi connectivity index (χ2v) is 5.93. The molecular weight excluding hydrogens is 310 g/mol. The van der Waals surface area contributed by atoms with E-state index in [0.717, 1.165) is 28.3 Å². The van der Waals surface area contributed by atoms with Crippen LogP contribution in [0.25, 0.3) is 0 Å². The van der Waals surface area contributed by atoms with E-state index in [1.807, 2.05) is 85.9 Å². The second kappa shape index (κ2) is 7.67. The first-order valence-electron chi connectivity index (χ1n) is 8.25. The Bertz CT molecular complexity index is 824. The number of Topliss-reactive ketones (excluding diaryl/α,β-unsaturated/α-hetero) is 1. The molecule has 3 aromatic carbocycles. The molecule has 0 heterocycles. The van der Waals surface area contributed by atoms with E-state index in [4.69, 9.17) is 4.74 Å². The maximum atomic E-state index is 11.4. The van der Waals surface area contributed by atoms with E-state index in [-0.39, 0.29) is 5.78 Å². The average molecular weight is 331 g/mol. The molecule has 0 spiro atoms. The fourth-order valence-corrected chi connectivity index (χ4v) is 2.58. The van der Waals surface area contributed by atoms with Crippen molar-refractivity contribution in [2.45, 2.75) is 13.5 Å². The molecule has 0 N–H and O–H groups in total. The maximum absolute atomic E-state index is 11.4. The van der Waals surface area contributed by atoms with Crippen molar-refractivity contribution >= 4 is 17.2 Å². The SMILES string of the molecule is CC(=O)c1ccc(N(C)c2ccc(OCc3ccccc3)cc2)cc1. The Morgan fingerprint density at radius 2 is 1.40 bits per heavy atom. The summed E-state index contributed by atoms with van der Waals surface area (Å²) in [6.45, 7) is 2.13. The zero-order valence-electron chi connectivity index (χ0n) is 14.5. The van der Waals surface area contributed by atoms with Crippen LogP contribution < -0.4 is 9.64 Å². The number of carbonyl (C=O) groups is 1. The van der Waals surface area contributed by atoms with Crippen molar-refractivity contribution in [3.8, 4) is 5.75 Å². The number of carbonyl (C=O) groups excluding carboxylic acids is 1. The van der Waals surface area contributed by atoms with Gasteiger partial charge >= 0.3 is 0 Å². The van der Waals surface area contributed by atoms with Crippen LogP contribution >= 0.6 is 0 Å². The van der Waals surface area contributed by atoms with Gasteiger partial charge in [-0.3, -0.25) is 4.79 Å². The predicted octanol–water partition coefficient (Wildman–Crippen LogP) is 5.24. The topological polar surface area (TPSA) is 29.5 Å². The van der Waals surface area contributed by atoms with E-state index in [1.54, 1.807) is 6.92 Å². The molecule has 3 nitrogen and oxygen atoms in total. The summed E-state index contributed by atoms with van der Waals surface area (Å²) in [7, 11) is 2.00. The number of ether oxygens (including phenoxy) is 1. The third-order valence-corrected chi connectivity index (χ3v) is 4.13. The smallest absolute Gasteiger partial charge is 0.159 e. The van der Waals surface area contributed by atoms with E-state index in [1.165, 1.54) is 0 Å². The first kappa shape index (κ1) is 16.8. The largest absolute Gasteiger partial charge is 0.489 e. The summed E-state index contributed by atoms with van der Waals surface area (Å²) < 4.78 is 5.82. The van der Waals surface area contributed by atoms with Gasteiger partial charge in [-0.25, -0.2) is 0 Å². The lowest BCUT2D eigenvalue weighted by atomic mass is 10.1. The van der Waals surface area contributed by atoms with Crippen molar-refractivity contribution < 1.29 is 9.53 Å². The molecule has 0 bridgehead atoms. The molecule has 0 unspecified atom stereocenters. The van der Waals surface area contributed by atoms with Gasteiger partial charge in [0.25, 0.3) is 0 Å². The van der Waals surface area contributed by atoms with Crippen molar-refractivity contribution in [2.24, 2.45) is 0 Å². The normalized spacial score (nSPS) is 10.3. The monoisotopic (exact) mass is 331 g/mol. The molecule has 25 heavy (non-hydrogen) atoms. The van der Waals surface area contributed by atoms with Crippen LogP contribution in [-0.2, 0) is 6.61 Å². The Labute approximate surface area is 148 Å². The summed E-state index contributed by atoms with van der Waals surface area (Å²) in [4.78, 5) is 13.4. The van der Waals surface area contributed by atoms with E-state index in [2.05, 4.69) is 4.90 Å². The molecule has 0 aliphatic rings. The highest BCUT2D eigenvalue weighted by atomic mass is 16.5. The van der Waals surface area contributed by atoms with Crippen LogP contribution in [-0.4, -0.2) is 12.8 Å². The zero-order valence-corrected chi connectivity index (χ0v) is 14.5. The lowest BCUT2D eigenvalue weighted by molar-refractivity contribution is 0.101. The minimum atomic E-state index is 0.0779. The third kappa shape index (κ3) is 4.27. The number of anilines is 2. The van der Waals surface area contributed by atoms with Crippen molar-refractivity contribution in [3.05, 3.63) is 90.0 Å². The first-order chi connectivity index (χ1) is 12.1. The van der Waals surface area contributed by atoms with Crippen LogP contribution in [0.4, 0.5) is 11.4 Å². The van der Waals surface area contributed by atoms with Gasteiger partial charge < -0.3 is 9.64 Å². The summed E-state index contributed by atoms with van der Waals surface area (Å²) in [5.41, 5.74) is 3.96. The van der Waals surface area contributed by atoms with E-state index >= 15 is 0 Å². The average Bonchev–Trinajstić information content (AvgIpc) is 2.67. The molecule has 0 saturated carbocycles. The molecule has 3 heteroatoms. The Hall–Kier alpha value is -3.07. The van der Waals surface area contributed by atoms with Gasteiger partial charge in [0.15, 0.2) is 5.78 Å². The number of ketones is 1. The van der Waals surface area contributed by atoms with Gasteiger partial charge in [-0.05, 0) is 61.0 Å². The number of hydrogen-bond acceptors (Lipinski definition) is 3. The number of hydrogen-bond donors (Lipinski definition) is 0. The van der Waals surface area contributed by atoms with E-state index in [0.29, 0.717) is 6.61 Å². The van der Waals surface area contributed by atoms with Gasteiger partial charge in [-0.15, -0.1) is 0 Å². The number of benzene rings is 3. The molecule has 0 aromatic heterocycles. The first-order valence-corrected chi connectivity index (χ1v) is 8.25. The molecule has 126 valence electrons. The predicted molar refractivity (Wildman–Crippen MR) is 102 cm³/mol. The Kier molecular flexibility index (Phi) is 5.14. The Balaban J connectivity index is 1.65. The second-order valence-electron chi connectivity index (χ2n) is 5.93. The Morgan fingerprint density at radius 3 is 1.96 bits per heavy atom. The van der Waals surface area contributed by atoms with Crippen LogP contribution in [0.3, 0.4) is 0 Å². The van der Waals surface area contributed by atoms with Crippen LogP contribution in [0, 0.1) is 0 Å². The fourth-order valence-electron chi connectivity index (χ4n) is 2.58. The zero-order chi connectivity index (χ0) is 17.6. The molecule has 0 saturated heterocycles. The lowest BCUT2D eigenvalue weighted by Crippen LogP contribution is -2.09. The highest BCUT2D eigenvalue weighted by Crippen LogP contribution is 2.26. The lowest BCUT2D eigenvalue weighted by Gasteiger charge is -2.20. The summed E-state index contributed by atoms with van der Waals surface area (Å²) in [6, 6.07) is 25.7. The van der Waals surface area contributed by atoms with Gasteiger partial charge in [0.05, 0.1) is 0 Å². The molecule has 0 aliphatic heterocycles. The van der Waals surface area contributed by atoms with Crippen LogP contribution in [0.1, 0.15) is 22.8 Å². The van der Waals surface area contributed by atoms with Crippen molar-refractivity contribution in [1.82, 2.24) is 0 Å². The highest BCUT2D eigenvalue weighted by Gasteiger charge is 2.06. The minimum Gasteiger partial charge on any atom is -0.489 e. The van der Waals surface area contributed by atoms with Crippen LogP contribution in [0.15, 0.2) is 78.9 Å². The van der Waals surface area contributed by atoms with Gasteiger partial charge in [-0.2, -0.15) is 0 Å². The van der Waals surface area contributed by atoms with Crippen molar-refractivity contribution in [2.75, 3.05) is 11.9 Å². The molecule has 0 aliphatic carbocycles. The Morgan fingerprint density at radius 1 is 0.840 bits per heavy atom. The molecule has 0 fully saturated rings. The van der Waals surface area contributed by atoms with Crippen molar-refractivity contribution in [3.63, 3.8) is 0 Å².